The number of carbonyl (C=O) groups excluding carboxylic acids is 1. The number of oxazole rings is 1. The number of carbonyl (C=O) groups is 1. The molecule has 130 valence electrons. The lowest BCUT2D eigenvalue weighted by Crippen LogP contribution is -2.37. The Kier molecular flexibility index (Phi) is 3.67. The third-order valence-corrected chi connectivity index (χ3v) is 4.58. The van der Waals surface area contributed by atoms with Crippen molar-refractivity contribution in [3.05, 3.63) is 41.4 Å². The van der Waals surface area contributed by atoms with E-state index in [4.69, 9.17) is 4.42 Å². The molecule has 8 heteroatoms. The molecule has 0 bridgehead atoms. The molecule has 1 aliphatic heterocycles. The lowest BCUT2D eigenvalue weighted by Gasteiger charge is -2.27. The topological polar surface area (TPSA) is 82.0 Å². The van der Waals surface area contributed by atoms with E-state index >= 15 is 0 Å². The Bertz CT molecular complexity index is 935. The highest BCUT2D eigenvalue weighted by molar-refractivity contribution is 5.92. The van der Waals surface area contributed by atoms with Gasteiger partial charge in [-0.25, -0.2) is 9.97 Å². The highest BCUT2D eigenvalue weighted by Gasteiger charge is 2.30. The largest absolute Gasteiger partial charge is 0.440 e. The van der Waals surface area contributed by atoms with Crippen LogP contribution in [0.25, 0.3) is 11.6 Å². The Balaban J connectivity index is 1.71. The summed E-state index contributed by atoms with van der Waals surface area (Å²) < 4.78 is 9.40. The van der Waals surface area contributed by atoms with E-state index in [0.717, 1.165) is 35.7 Å². The van der Waals surface area contributed by atoms with Crippen LogP contribution in [0, 0.1) is 6.92 Å². The summed E-state index contributed by atoms with van der Waals surface area (Å²) in [6, 6.07) is 0. The SMILES string of the molecule is CCn1nc(-c2ncc(C)o2)c2c1CCN(C(=O)c1cncn1C)C2. The quantitative estimate of drug-likeness (QED) is 0.726. The summed E-state index contributed by atoms with van der Waals surface area (Å²) in [6.07, 6.45) is 5.69. The third-order valence-electron chi connectivity index (χ3n) is 4.58. The van der Waals surface area contributed by atoms with Crippen molar-refractivity contribution in [3.8, 4) is 11.6 Å². The molecule has 0 fully saturated rings. The second-order valence-electron chi connectivity index (χ2n) is 6.23. The first-order valence-electron chi connectivity index (χ1n) is 8.35. The minimum absolute atomic E-state index is 0.0237. The van der Waals surface area contributed by atoms with Crippen molar-refractivity contribution in [2.45, 2.75) is 33.4 Å². The number of imidazole rings is 1. The van der Waals surface area contributed by atoms with E-state index < -0.39 is 0 Å². The van der Waals surface area contributed by atoms with Gasteiger partial charge in [0, 0.05) is 37.8 Å². The van der Waals surface area contributed by atoms with Gasteiger partial charge in [-0.2, -0.15) is 5.10 Å². The van der Waals surface area contributed by atoms with Crippen molar-refractivity contribution >= 4 is 5.91 Å². The van der Waals surface area contributed by atoms with Gasteiger partial charge >= 0.3 is 0 Å². The Morgan fingerprint density at radius 3 is 2.84 bits per heavy atom. The molecule has 3 aromatic rings. The first-order chi connectivity index (χ1) is 12.1. The predicted octanol–water partition coefficient (Wildman–Crippen LogP) is 1.80. The zero-order valence-electron chi connectivity index (χ0n) is 14.6. The van der Waals surface area contributed by atoms with Gasteiger partial charge in [0.25, 0.3) is 5.91 Å². The van der Waals surface area contributed by atoms with Gasteiger partial charge in [-0.05, 0) is 13.8 Å². The minimum Gasteiger partial charge on any atom is -0.440 e. The van der Waals surface area contributed by atoms with E-state index in [1.807, 2.05) is 23.6 Å². The van der Waals surface area contributed by atoms with Crippen LogP contribution in [0.3, 0.4) is 0 Å². The number of hydrogen-bond acceptors (Lipinski definition) is 5. The molecule has 0 spiro atoms. The highest BCUT2D eigenvalue weighted by atomic mass is 16.4. The van der Waals surface area contributed by atoms with E-state index in [1.165, 1.54) is 0 Å². The Labute approximate surface area is 145 Å². The average molecular weight is 340 g/mol. The molecule has 0 N–H and O–H groups in total. The minimum atomic E-state index is -0.0237. The first kappa shape index (κ1) is 15.6. The molecule has 0 aromatic carbocycles. The third kappa shape index (κ3) is 2.54. The van der Waals surface area contributed by atoms with Gasteiger partial charge in [-0.3, -0.25) is 9.48 Å². The number of aromatic nitrogens is 5. The van der Waals surface area contributed by atoms with Crippen molar-refractivity contribution in [1.29, 1.82) is 0 Å². The summed E-state index contributed by atoms with van der Waals surface area (Å²) >= 11 is 0. The lowest BCUT2D eigenvalue weighted by atomic mass is 10.0. The number of nitrogens with zero attached hydrogens (tertiary/aromatic N) is 6. The van der Waals surface area contributed by atoms with Crippen molar-refractivity contribution in [2.24, 2.45) is 7.05 Å². The van der Waals surface area contributed by atoms with Crippen LogP contribution in [-0.2, 0) is 26.6 Å². The maximum Gasteiger partial charge on any atom is 0.272 e. The van der Waals surface area contributed by atoms with Crippen LogP contribution in [-0.4, -0.2) is 41.7 Å². The maximum absolute atomic E-state index is 12.8. The van der Waals surface area contributed by atoms with Crippen LogP contribution < -0.4 is 0 Å². The lowest BCUT2D eigenvalue weighted by molar-refractivity contribution is 0.0723. The van der Waals surface area contributed by atoms with Gasteiger partial charge in [0.2, 0.25) is 5.89 Å². The number of hydrogen-bond donors (Lipinski definition) is 0. The van der Waals surface area contributed by atoms with Crippen molar-refractivity contribution in [2.75, 3.05) is 6.54 Å². The summed E-state index contributed by atoms with van der Waals surface area (Å²) in [5.74, 6) is 1.23. The Morgan fingerprint density at radius 2 is 2.20 bits per heavy atom. The normalized spacial score (nSPS) is 14.0. The van der Waals surface area contributed by atoms with Gasteiger partial charge in [0.15, 0.2) is 5.69 Å². The van der Waals surface area contributed by atoms with E-state index in [9.17, 15) is 4.79 Å². The van der Waals surface area contributed by atoms with Crippen LogP contribution in [0.15, 0.2) is 23.1 Å². The first-order valence-corrected chi connectivity index (χ1v) is 8.35. The number of aryl methyl sites for hydroxylation is 3. The van der Waals surface area contributed by atoms with Gasteiger partial charge in [0.05, 0.1) is 25.3 Å². The number of fused-ring (bicyclic) bond motifs is 1. The molecule has 0 aliphatic carbocycles. The molecule has 0 saturated heterocycles. The number of amides is 1. The van der Waals surface area contributed by atoms with Gasteiger partial charge < -0.3 is 13.9 Å². The van der Waals surface area contributed by atoms with Gasteiger partial charge in [-0.15, -0.1) is 0 Å². The fourth-order valence-corrected chi connectivity index (χ4v) is 3.29. The molecule has 1 amide bonds. The van der Waals surface area contributed by atoms with Gasteiger partial charge in [0.1, 0.15) is 11.5 Å². The summed E-state index contributed by atoms with van der Waals surface area (Å²) in [7, 11) is 1.83. The van der Waals surface area contributed by atoms with Crippen LogP contribution in [0.4, 0.5) is 0 Å². The standard InChI is InChI=1S/C17H20N6O2/c1-4-23-13-5-6-22(17(24)14-8-18-10-21(14)3)9-12(13)15(20-23)16-19-7-11(2)25-16/h7-8,10H,4-6,9H2,1-3H3. The van der Waals surface area contributed by atoms with E-state index in [-0.39, 0.29) is 5.91 Å². The molecule has 0 radical (unpaired) electrons. The van der Waals surface area contributed by atoms with Crippen molar-refractivity contribution < 1.29 is 9.21 Å². The zero-order chi connectivity index (χ0) is 17.6. The molecular weight excluding hydrogens is 320 g/mol. The molecular formula is C17H20N6O2. The molecule has 3 aromatic heterocycles. The van der Waals surface area contributed by atoms with Crippen LogP contribution in [0.2, 0.25) is 0 Å². The molecule has 4 rings (SSSR count). The fraction of sp³-hybridized carbons (Fsp3) is 0.412. The maximum atomic E-state index is 12.8. The monoisotopic (exact) mass is 340 g/mol. The molecule has 4 heterocycles. The van der Waals surface area contributed by atoms with Crippen LogP contribution >= 0.6 is 0 Å². The zero-order valence-corrected chi connectivity index (χ0v) is 14.6. The summed E-state index contributed by atoms with van der Waals surface area (Å²) in [6.45, 7) is 5.85. The van der Waals surface area contributed by atoms with E-state index in [1.54, 1.807) is 23.3 Å². The second kappa shape index (κ2) is 5.87. The smallest absolute Gasteiger partial charge is 0.272 e. The summed E-state index contributed by atoms with van der Waals surface area (Å²) in [5, 5.41) is 4.67. The molecule has 8 nitrogen and oxygen atoms in total. The highest BCUT2D eigenvalue weighted by Crippen LogP contribution is 2.30. The predicted molar refractivity (Wildman–Crippen MR) is 89.8 cm³/mol. The molecule has 0 unspecified atom stereocenters. The van der Waals surface area contributed by atoms with Crippen LogP contribution in [0.1, 0.15) is 34.4 Å². The average Bonchev–Trinajstić information content (AvgIpc) is 3.31. The molecule has 0 saturated carbocycles. The molecule has 25 heavy (non-hydrogen) atoms. The molecule has 1 aliphatic rings. The summed E-state index contributed by atoms with van der Waals surface area (Å²) in [5.41, 5.74) is 3.49. The molecule has 0 atom stereocenters. The second-order valence-corrected chi connectivity index (χ2v) is 6.23. The number of rotatable bonds is 3. The Morgan fingerprint density at radius 1 is 1.36 bits per heavy atom. The van der Waals surface area contributed by atoms with Crippen molar-refractivity contribution in [1.82, 2.24) is 29.2 Å². The van der Waals surface area contributed by atoms with Gasteiger partial charge in [-0.1, -0.05) is 0 Å². The summed E-state index contributed by atoms with van der Waals surface area (Å²) in [4.78, 5) is 23.0. The van der Waals surface area contributed by atoms with E-state index in [0.29, 0.717) is 24.7 Å². The fourth-order valence-electron chi connectivity index (χ4n) is 3.29. The van der Waals surface area contributed by atoms with Crippen LogP contribution in [0.5, 0.6) is 0 Å². The Hall–Kier alpha value is -2.90. The van der Waals surface area contributed by atoms with Crippen molar-refractivity contribution in [3.63, 3.8) is 0 Å². The van der Waals surface area contributed by atoms with E-state index in [2.05, 4.69) is 22.0 Å².